The Morgan fingerprint density at radius 2 is 1.83 bits per heavy atom. The lowest BCUT2D eigenvalue weighted by molar-refractivity contribution is 0.0954. The second kappa shape index (κ2) is 10.6. The summed E-state index contributed by atoms with van der Waals surface area (Å²) in [7, 11) is 1.76. The Balaban J connectivity index is 2.28. The Hall–Kier alpha value is -2.04. The lowest BCUT2D eigenvalue weighted by Crippen LogP contribution is -2.43. The zero-order valence-electron chi connectivity index (χ0n) is 14.8. The summed E-state index contributed by atoms with van der Waals surface area (Å²) in [6, 6.07) is 7.59. The number of nitrogens with zero attached hydrogens (tertiary/aromatic N) is 1. The van der Waals surface area contributed by atoms with Gasteiger partial charge in [0.2, 0.25) is 0 Å². The Labute approximate surface area is 140 Å². The van der Waals surface area contributed by atoms with Gasteiger partial charge in [-0.05, 0) is 25.0 Å². The summed E-state index contributed by atoms with van der Waals surface area (Å²) < 4.78 is 0. The fraction of sp³-hybridized carbons (Fsp3) is 0.556. The van der Waals surface area contributed by atoms with Gasteiger partial charge in [-0.15, -0.1) is 0 Å². The van der Waals surface area contributed by atoms with Crippen molar-refractivity contribution in [2.24, 2.45) is 10.9 Å². The molecule has 1 aromatic carbocycles. The first-order valence-electron chi connectivity index (χ1n) is 8.40. The molecule has 0 unspecified atom stereocenters. The van der Waals surface area contributed by atoms with Crippen molar-refractivity contribution in [3.8, 4) is 0 Å². The van der Waals surface area contributed by atoms with Crippen LogP contribution >= 0.6 is 0 Å². The molecule has 0 aliphatic carbocycles. The quantitative estimate of drug-likeness (QED) is 0.391. The number of nitrogens with one attached hydrogen (secondary N) is 3. The minimum Gasteiger partial charge on any atom is -0.356 e. The van der Waals surface area contributed by atoms with Crippen molar-refractivity contribution in [2.75, 3.05) is 26.7 Å². The van der Waals surface area contributed by atoms with E-state index in [0.29, 0.717) is 24.6 Å². The highest BCUT2D eigenvalue weighted by Crippen LogP contribution is 2.05. The third-order valence-electron chi connectivity index (χ3n) is 3.92. The van der Waals surface area contributed by atoms with Crippen LogP contribution in [0.15, 0.2) is 29.3 Å². The van der Waals surface area contributed by atoms with E-state index in [4.69, 9.17) is 0 Å². The number of carbonyl (C=O) groups is 1. The molecule has 0 radical (unpaired) electrons. The second-order valence-corrected chi connectivity index (χ2v) is 5.69. The molecule has 0 aliphatic heterocycles. The van der Waals surface area contributed by atoms with Gasteiger partial charge >= 0.3 is 0 Å². The number of aliphatic imine (C=N–C) groups is 1. The number of hydrogen-bond acceptors (Lipinski definition) is 2. The number of rotatable bonds is 8. The summed E-state index contributed by atoms with van der Waals surface area (Å²) in [6.07, 6.45) is 2.32. The molecule has 1 rings (SSSR count). The molecule has 0 spiro atoms. The maximum Gasteiger partial charge on any atom is 0.251 e. The predicted octanol–water partition coefficient (Wildman–Crippen LogP) is 2.33. The van der Waals surface area contributed by atoms with Gasteiger partial charge in [-0.1, -0.05) is 44.4 Å². The van der Waals surface area contributed by atoms with Crippen LogP contribution < -0.4 is 16.0 Å². The summed E-state index contributed by atoms with van der Waals surface area (Å²) in [6.45, 7) is 8.49. The monoisotopic (exact) mass is 318 g/mol. The van der Waals surface area contributed by atoms with Crippen LogP contribution in [0.25, 0.3) is 0 Å². The summed E-state index contributed by atoms with van der Waals surface area (Å²) in [5.41, 5.74) is 1.78. The number of benzene rings is 1. The Morgan fingerprint density at radius 3 is 2.43 bits per heavy atom. The van der Waals surface area contributed by atoms with Crippen LogP contribution in [0.5, 0.6) is 0 Å². The first-order valence-corrected chi connectivity index (χ1v) is 8.40. The van der Waals surface area contributed by atoms with E-state index in [9.17, 15) is 4.79 Å². The molecule has 3 N–H and O–H groups in total. The third kappa shape index (κ3) is 7.17. The second-order valence-electron chi connectivity index (χ2n) is 5.69. The van der Waals surface area contributed by atoms with Gasteiger partial charge < -0.3 is 16.0 Å². The van der Waals surface area contributed by atoms with Crippen molar-refractivity contribution in [3.05, 3.63) is 35.4 Å². The lowest BCUT2D eigenvalue weighted by Gasteiger charge is -2.16. The van der Waals surface area contributed by atoms with Gasteiger partial charge in [0.1, 0.15) is 0 Å². The van der Waals surface area contributed by atoms with Crippen LogP contribution in [0.1, 0.15) is 42.6 Å². The molecule has 1 aromatic rings. The molecule has 0 heterocycles. The van der Waals surface area contributed by atoms with Crippen molar-refractivity contribution >= 4 is 11.9 Å². The molecule has 128 valence electrons. The molecule has 0 bridgehead atoms. The smallest absolute Gasteiger partial charge is 0.251 e. The first-order chi connectivity index (χ1) is 11.1. The van der Waals surface area contributed by atoms with Gasteiger partial charge in [0.15, 0.2) is 5.96 Å². The standard InChI is InChI=1S/C18H30N4O/c1-5-15(6-2)13-22-18(19-4)21-11-10-20-17(23)16-9-7-8-14(3)12-16/h7-9,12,15H,5-6,10-11,13H2,1-4H3,(H,20,23)(H2,19,21,22). The van der Waals surface area contributed by atoms with E-state index >= 15 is 0 Å². The fourth-order valence-corrected chi connectivity index (χ4v) is 2.28. The third-order valence-corrected chi connectivity index (χ3v) is 3.92. The minimum atomic E-state index is -0.0459. The molecule has 0 saturated carbocycles. The molecule has 5 heteroatoms. The normalized spacial score (nSPS) is 11.4. The highest BCUT2D eigenvalue weighted by atomic mass is 16.1. The summed E-state index contributed by atoms with van der Waals surface area (Å²) in [5, 5.41) is 9.45. The number of amides is 1. The van der Waals surface area contributed by atoms with Gasteiger partial charge in [0.05, 0.1) is 0 Å². The van der Waals surface area contributed by atoms with Crippen molar-refractivity contribution in [1.82, 2.24) is 16.0 Å². The largest absolute Gasteiger partial charge is 0.356 e. The zero-order valence-corrected chi connectivity index (χ0v) is 14.8. The van der Waals surface area contributed by atoms with E-state index in [1.807, 2.05) is 31.2 Å². The highest BCUT2D eigenvalue weighted by molar-refractivity contribution is 5.94. The maximum atomic E-state index is 12.0. The van der Waals surface area contributed by atoms with Crippen LogP contribution in [0.3, 0.4) is 0 Å². The minimum absolute atomic E-state index is 0.0459. The fourth-order valence-electron chi connectivity index (χ4n) is 2.28. The average Bonchev–Trinajstić information content (AvgIpc) is 2.57. The maximum absolute atomic E-state index is 12.0. The van der Waals surface area contributed by atoms with Crippen LogP contribution in [0.2, 0.25) is 0 Å². The summed E-state index contributed by atoms with van der Waals surface area (Å²) in [5.74, 6) is 1.40. The number of aryl methyl sites for hydroxylation is 1. The van der Waals surface area contributed by atoms with Gasteiger partial charge in [0.25, 0.3) is 5.91 Å². The Morgan fingerprint density at radius 1 is 1.13 bits per heavy atom. The molecule has 1 amide bonds. The molecule has 0 fully saturated rings. The van der Waals surface area contributed by atoms with E-state index in [-0.39, 0.29) is 5.91 Å². The van der Waals surface area contributed by atoms with Crippen molar-refractivity contribution in [2.45, 2.75) is 33.6 Å². The average molecular weight is 318 g/mol. The van der Waals surface area contributed by atoms with E-state index in [2.05, 4.69) is 34.8 Å². The van der Waals surface area contributed by atoms with E-state index in [1.54, 1.807) is 7.05 Å². The lowest BCUT2D eigenvalue weighted by atomic mass is 10.0. The van der Waals surface area contributed by atoms with Crippen molar-refractivity contribution < 1.29 is 4.79 Å². The van der Waals surface area contributed by atoms with Gasteiger partial charge in [-0.3, -0.25) is 9.79 Å². The molecular formula is C18H30N4O. The van der Waals surface area contributed by atoms with E-state index < -0.39 is 0 Å². The van der Waals surface area contributed by atoms with Gasteiger partial charge in [-0.25, -0.2) is 0 Å². The van der Waals surface area contributed by atoms with Crippen molar-refractivity contribution in [3.63, 3.8) is 0 Å². The number of guanidine groups is 1. The number of hydrogen-bond donors (Lipinski definition) is 3. The number of carbonyl (C=O) groups excluding carboxylic acids is 1. The molecule has 0 aliphatic rings. The molecule has 0 atom stereocenters. The molecular weight excluding hydrogens is 288 g/mol. The Bertz CT molecular complexity index is 509. The Kier molecular flexibility index (Phi) is 8.80. The van der Waals surface area contributed by atoms with Crippen LogP contribution in [0, 0.1) is 12.8 Å². The highest BCUT2D eigenvalue weighted by Gasteiger charge is 2.06. The van der Waals surface area contributed by atoms with E-state index in [1.165, 1.54) is 0 Å². The van der Waals surface area contributed by atoms with E-state index in [0.717, 1.165) is 30.9 Å². The first kappa shape index (κ1) is 19.0. The molecule has 5 nitrogen and oxygen atoms in total. The van der Waals surface area contributed by atoms with Crippen LogP contribution in [0.4, 0.5) is 0 Å². The summed E-state index contributed by atoms with van der Waals surface area (Å²) >= 11 is 0. The summed E-state index contributed by atoms with van der Waals surface area (Å²) in [4.78, 5) is 16.2. The molecule has 23 heavy (non-hydrogen) atoms. The van der Waals surface area contributed by atoms with Crippen molar-refractivity contribution in [1.29, 1.82) is 0 Å². The van der Waals surface area contributed by atoms with Crippen LogP contribution in [-0.2, 0) is 0 Å². The van der Waals surface area contributed by atoms with Gasteiger partial charge in [0, 0.05) is 32.2 Å². The molecule has 0 saturated heterocycles. The SMILES string of the molecule is CCC(CC)CNC(=NC)NCCNC(=O)c1cccc(C)c1. The zero-order chi connectivity index (χ0) is 17.1. The topological polar surface area (TPSA) is 65.5 Å². The van der Waals surface area contributed by atoms with Crippen LogP contribution in [-0.4, -0.2) is 38.5 Å². The predicted molar refractivity (Wildman–Crippen MR) is 96.9 cm³/mol. The molecule has 0 aromatic heterocycles. The van der Waals surface area contributed by atoms with Gasteiger partial charge in [-0.2, -0.15) is 0 Å².